The van der Waals surface area contributed by atoms with E-state index >= 15 is 0 Å². The van der Waals surface area contributed by atoms with E-state index in [1.54, 1.807) is 24.3 Å². The van der Waals surface area contributed by atoms with Gasteiger partial charge in [-0.1, -0.05) is 35.9 Å². The maximum absolute atomic E-state index is 13.1. The van der Waals surface area contributed by atoms with Crippen molar-refractivity contribution < 1.29 is 18.7 Å². The second-order valence-electron chi connectivity index (χ2n) is 4.81. The number of anilines is 1. The van der Waals surface area contributed by atoms with Crippen LogP contribution in [0.3, 0.4) is 0 Å². The fourth-order valence-corrected chi connectivity index (χ4v) is 2.68. The third-order valence-electron chi connectivity index (χ3n) is 3.49. The van der Waals surface area contributed by atoms with Crippen molar-refractivity contribution in [1.82, 2.24) is 0 Å². The van der Waals surface area contributed by atoms with Gasteiger partial charge in [-0.3, -0.25) is 9.59 Å². The van der Waals surface area contributed by atoms with Gasteiger partial charge in [-0.2, -0.15) is 0 Å². The molecule has 0 unspecified atom stereocenters. The normalized spacial score (nSPS) is 14.7. The van der Waals surface area contributed by atoms with Gasteiger partial charge in [0.05, 0.1) is 18.4 Å². The topological polar surface area (TPSA) is 46.6 Å². The van der Waals surface area contributed by atoms with E-state index in [0.717, 1.165) is 4.90 Å². The van der Waals surface area contributed by atoms with Gasteiger partial charge in [0.25, 0.3) is 11.8 Å². The van der Waals surface area contributed by atoms with E-state index in [-0.39, 0.29) is 10.6 Å². The standard InChI is InChI=1S/C17H11ClFNO3/c1-23-13-5-3-2-4-12(13)20-16(21)14(15(18)17(20)22)10-6-8-11(19)9-7-10/h2-9H,1H3. The summed E-state index contributed by atoms with van der Waals surface area (Å²) in [7, 11) is 1.44. The highest BCUT2D eigenvalue weighted by atomic mass is 35.5. The molecule has 2 amide bonds. The maximum atomic E-state index is 13.1. The van der Waals surface area contributed by atoms with Crippen LogP contribution < -0.4 is 9.64 Å². The minimum atomic E-state index is -0.638. The number of benzene rings is 2. The minimum absolute atomic E-state index is 0.0440. The summed E-state index contributed by atoms with van der Waals surface area (Å²) < 4.78 is 18.2. The Bertz CT molecular complexity index is 830. The van der Waals surface area contributed by atoms with Gasteiger partial charge in [0, 0.05) is 0 Å². The molecule has 23 heavy (non-hydrogen) atoms. The van der Waals surface area contributed by atoms with Crippen molar-refractivity contribution in [3.8, 4) is 5.75 Å². The van der Waals surface area contributed by atoms with Crippen LogP contribution in [0.1, 0.15) is 5.56 Å². The van der Waals surface area contributed by atoms with Crippen LogP contribution in [0.15, 0.2) is 53.6 Å². The monoisotopic (exact) mass is 331 g/mol. The van der Waals surface area contributed by atoms with Gasteiger partial charge in [0.1, 0.15) is 16.6 Å². The van der Waals surface area contributed by atoms with Crippen molar-refractivity contribution in [1.29, 1.82) is 0 Å². The average Bonchev–Trinajstić information content (AvgIpc) is 2.78. The van der Waals surface area contributed by atoms with Crippen LogP contribution in [-0.2, 0) is 9.59 Å². The van der Waals surface area contributed by atoms with Crippen LogP contribution >= 0.6 is 11.6 Å². The Balaban J connectivity index is 2.07. The molecule has 4 nitrogen and oxygen atoms in total. The van der Waals surface area contributed by atoms with Crippen LogP contribution in [0.5, 0.6) is 5.75 Å². The molecule has 0 spiro atoms. The van der Waals surface area contributed by atoms with Crippen LogP contribution in [0.25, 0.3) is 5.57 Å². The van der Waals surface area contributed by atoms with E-state index in [4.69, 9.17) is 16.3 Å². The summed E-state index contributed by atoms with van der Waals surface area (Å²) in [5, 5.41) is -0.201. The first-order valence-corrected chi connectivity index (χ1v) is 7.10. The van der Waals surface area contributed by atoms with Gasteiger partial charge in [-0.05, 0) is 29.8 Å². The first-order chi connectivity index (χ1) is 11.0. The van der Waals surface area contributed by atoms with Crippen molar-refractivity contribution in [2.45, 2.75) is 0 Å². The second kappa shape index (κ2) is 5.85. The number of hydrogen-bond acceptors (Lipinski definition) is 3. The van der Waals surface area contributed by atoms with E-state index in [1.807, 2.05) is 0 Å². The van der Waals surface area contributed by atoms with E-state index in [1.165, 1.54) is 31.4 Å². The number of para-hydroxylation sites is 2. The number of carbonyl (C=O) groups is 2. The fraction of sp³-hybridized carbons (Fsp3) is 0.0588. The number of imide groups is 1. The van der Waals surface area contributed by atoms with Crippen LogP contribution in [-0.4, -0.2) is 18.9 Å². The molecule has 1 aliphatic heterocycles. The number of halogens is 2. The van der Waals surface area contributed by atoms with Crippen molar-refractivity contribution in [3.05, 3.63) is 64.9 Å². The molecule has 2 aromatic rings. The smallest absolute Gasteiger partial charge is 0.277 e. The molecule has 0 aliphatic carbocycles. The Labute approximate surface area is 136 Å². The predicted molar refractivity (Wildman–Crippen MR) is 84.7 cm³/mol. The first kappa shape index (κ1) is 15.2. The number of hydrogen-bond donors (Lipinski definition) is 0. The number of carbonyl (C=O) groups excluding carboxylic acids is 2. The first-order valence-electron chi connectivity index (χ1n) is 6.72. The Morgan fingerprint density at radius 1 is 1.00 bits per heavy atom. The lowest BCUT2D eigenvalue weighted by Gasteiger charge is -2.17. The molecule has 0 fully saturated rings. The Morgan fingerprint density at radius 3 is 2.30 bits per heavy atom. The van der Waals surface area contributed by atoms with Gasteiger partial charge in [-0.15, -0.1) is 0 Å². The summed E-state index contributed by atoms with van der Waals surface area (Å²) >= 11 is 6.07. The second-order valence-corrected chi connectivity index (χ2v) is 5.19. The molecular formula is C17H11ClFNO3. The van der Waals surface area contributed by atoms with Crippen LogP contribution in [0.4, 0.5) is 10.1 Å². The van der Waals surface area contributed by atoms with Gasteiger partial charge in [0.2, 0.25) is 0 Å². The SMILES string of the molecule is COc1ccccc1N1C(=O)C(Cl)=C(c2ccc(F)cc2)C1=O. The van der Waals surface area contributed by atoms with E-state index in [9.17, 15) is 14.0 Å². The van der Waals surface area contributed by atoms with E-state index in [2.05, 4.69) is 0 Å². The van der Waals surface area contributed by atoms with Crippen LogP contribution in [0, 0.1) is 5.82 Å². The van der Waals surface area contributed by atoms with Gasteiger partial charge >= 0.3 is 0 Å². The molecule has 0 N–H and O–H groups in total. The lowest BCUT2D eigenvalue weighted by Crippen LogP contribution is -2.31. The Morgan fingerprint density at radius 2 is 1.65 bits per heavy atom. The molecule has 2 aromatic carbocycles. The molecule has 1 heterocycles. The number of amides is 2. The minimum Gasteiger partial charge on any atom is -0.495 e. The molecule has 0 atom stereocenters. The van der Waals surface area contributed by atoms with Crippen LogP contribution in [0.2, 0.25) is 0 Å². The largest absolute Gasteiger partial charge is 0.495 e. The maximum Gasteiger partial charge on any atom is 0.277 e. The highest BCUT2D eigenvalue weighted by Crippen LogP contribution is 2.38. The summed E-state index contributed by atoms with van der Waals surface area (Å²) in [6.07, 6.45) is 0. The molecule has 0 aromatic heterocycles. The number of methoxy groups -OCH3 is 1. The molecule has 6 heteroatoms. The number of rotatable bonds is 3. The van der Waals surface area contributed by atoms with Crippen molar-refractivity contribution in [3.63, 3.8) is 0 Å². The van der Waals surface area contributed by atoms with E-state index in [0.29, 0.717) is 17.0 Å². The third-order valence-corrected chi connectivity index (χ3v) is 3.84. The lowest BCUT2D eigenvalue weighted by molar-refractivity contribution is -0.119. The third kappa shape index (κ3) is 2.49. The molecule has 1 aliphatic rings. The molecule has 0 saturated heterocycles. The number of nitrogens with zero attached hydrogens (tertiary/aromatic N) is 1. The zero-order chi connectivity index (χ0) is 16.6. The number of ether oxygens (including phenoxy) is 1. The molecule has 3 rings (SSSR count). The highest BCUT2D eigenvalue weighted by Gasteiger charge is 2.40. The predicted octanol–water partition coefficient (Wildman–Crippen LogP) is 3.36. The highest BCUT2D eigenvalue weighted by molar-refractivity contribution is 6.60. The van der Waals surface area contributed by atoms with Crippen molar-refractivity contribution in [2.24, 2.45) is 0 Å². The summed E-state index contributed by atoms with van der Waals surface area (Å²) in [5.41, 5.74) is 0.731. The summed E-state index contributed by atoms with van der Waals surface area (Å²) in [4.78, 5) is 26.1. The molecular weight excluding hydrogens is 321 g/mol. The molecule has 0 bridgehead atoms. The summed E-state index contributed by atoms with van der Waals surface area (Å²) in [5.74, 6) is -1.28. The van der Waals surface area contributed by atoms with Gasteiger partial charge in [0.15, 0.2) is 0 Å². The van der Waals surface area contributed by atoms with E-state index < -0.39 is 17.6 Å². The van der Waals surface area contributed by atoms with Gasteiger partial charge < -0.3 is 4.74 Å². The fourth-order valence-electron chi connectivity index (χ4n) is 2.40. The quantitative estimate of drug-likeness (QED) is 0.810. The zero-order valence-corrected chi connectivity index (χ0v) is 12.8. The van der Waals surface area contributed by atoms with Gasteiger partial charge in [-0.25, -0.2) is 9.29 Å². The lowest BCUT2D eigenvalue weighted by atomic mass is 10.1. The Hall–Kier alpha value is -2.66. The summed E-state index contributed by atoms with van der Waals surface area (Å²) in [6, 6.07) is 11.9. The van der Waals surface area contributed by atoms with Crippen molar-refractivity contribution in [2.75, 3.05) is 12.0 Å². The average molecular weight is 332 g/mol. The molecule has 116 valence electrons. The molecule has 0 saturated carbocycles. The Kier molecular flexibility index (Phi) is 3.88. The zero-order valence-electron chi connectivity index (χ0n) is 12.0. The molecule has 0 radical (unpaired) electrons. The summed E-state index contributed by atoms with van der Waals surface area (Å²) in [6.45, 7) is 0. The van der Waals surface area contributed by atoms with Crippen molar-refractivity contribution >= 4 is 34.7 Å².